The molecule has 0 saturated carbocycles. The highest BCUT2D eigenvalue weighted by molar-refractivity contribution is 5.79. The molecule has 142 valence electrons. The van der Waals surface area contributed by atoms with Crippen LogP contribution in [0.5, 0.6) is 0 Å². The number of rotatable bonds is 4. The van der Waals surface area contributed by atoms with E-state index in [1.165, 1.54) is 12.0 Å². The molecule has 1 aromatic carbocycles. The Balaban J connectivity index is 1.44. The summed E-state index contributed by atoms with van der Waals surface area (Å²) in [7, 11) is 4.30. The minimum atomic E-state index is 0.589. The van der Waals surface area contributed by atoms with Gasteiger partial charge in [-0.15, -0.1) is 5.10 Å². The van der Waals surface area contributed by atoms with Gasteiger partial charge < -0.3 is 9.80 Å². The summed E-state index contributed by atoms with van der Waals surface area (Å²) in [5.41, 5.74) is 4.26. The number of pyridine rings is 1. The molecule has 1 aliphatic heterocycles. The van der Waals surface area contributed by atoms with Crippen LogP contribution in [-0.2, 0) is 6.42 Å². The van der Waals surface area contributed by atoms with Crippen molar-refractivity contribution in [2.24, 2.45) is 0 Å². The highest BCUT2D eigenvalue weighted by Gasteiger charge is 2.25. The third kappa shape index (κ3) is 3.10. The molecule has 0 unspecified atom stereocenters. The zero-order valence-electron chi connectivity index (χ0n) is 16.3. The molecule has 6 heteroatoms. The van der Waals surface area contributed by atoms with Crippen molar-refractivity contribution in [2.45, 2.75) is 18.9 Å². The smallest absolute Gasteiger partial charge is 0.153 e. The van der Waals surface area contributed by atoms with E-state index in [-0.39, 0.29) is 0 Å². The lowest BCUT2D eigenvalue weighted by molar-refractivity contribution is 0.315. The second-order valence-corrected chi connectivity index (χ2v) is 7.77. The average Bonchev–Trinajstić information content (AvgIpc) is 3.35. The maximum Gasteiger partial charge on any atom is 0.153 e. The van der Waals surface area contributed by atoms with Gasteiger partial charge in [0.1, 0.15) is 5.82 Å². The highest BCUT2D eigenvalue weighted by atomic mass is 15.3. The fourth-order valence-corrected chi connectivity index (χ4v) is 4.02. The average molecular weight is 372 g/mol. The first-order valence-corrected chi connectivity index (χ1v) is 9.76. The van der Waals surface area contributed by atoms with E-state index in [0.29, 0.717) is 6.04 Å². The largest absolute Gasteiger partial charge is 0.354 e. The molecule has 1 fully saturated rings. The first kappa shape index (κ1) is 17.1. The van der Waals surface area contributed by atoms with Crippen LogP contribution in [0.1, 0.15) is 17.7 Å². The predicted octanol–water partition coefficient (Wildman–Crippen LogP) is 3.01. The molecule has 0 radical (unpaired) electrons. The Morgan fingerprint density at radius 3 is 2.89 bits per heavy atom. The van der Waals surface area contributed by atoms with Crippen LogP contribution in [0.2, 0.25) is 0 Å². The normalized spacial score (nSPS) is 17.2. The van der Waals surface area contributed by atoms with Crippen molar-refractivity contribution < 1.29 is 0 Å². The molecule has 0 amide bonds. The molecule has 0 bridgehead atoms. The van der Waals surface area contributed by atoms with Gasteiger partial charge in [0.2, 0.25) is 0 Å². The Kier molecular flexibility index (Phi) is 4.20. The van der Waals surface area contributed by atoms with Crippen molar-refractivity contribution in [1.29, 1.82) is 0 Å². The second kappa shape index (κ2) is 6.87. The Morgan fingerprint density at radius 1 is 1.11 bits per heavy atom. The minimum absolute atomic E-state index is 0.589. The molecule has 0 spiro atoms. The van der Waals surface area contributed by atoms with Gasteiger partial charge in [0.15, 0.2) is 5.65 Å². The number of likely N-dealkylation sites (N-methyl/N-ethyl adjacent to an activating group) is 1. The quantitative estimate of drug-likeness (QED) is 0.551. The molecule has 5 rings (SSSR count). The number of nitrogens with zero attached hydrogens (tertiary/aromatic N) is 6. The Labute approximate surface area is 164 Å². The summed E-state index contributed by atoms with van der Waals surface area (Å²) in [6.07, 6.45) is 5.74. The number of aromatic nitrogens is 4. The van der Waals surface area contributed by atoms with Crippen molar-refractivity contribution in [3.05, 3.63) is 66.1 Å². The fraction of sp³-hybridized carbons (Fsp3) is 0.318. The third-order valence-electron chi connectivity index (χ3n) is 5.69. The predicted molar refractivity (Wildman–Crippen MR) is 112 cm³/mol. The summed E-state index contributed by atoms with van der Waals surface area (Å²) in [5, 5.41) is 6.08. The Morgan fingerprint density at radius 2 is 2.04 bits per heavy atom. The first-order chi connectivity index (χ1) is 13.7. The van der Waals surface area contributed by atoms with E-state index in [1.807, 2.05) is 23.0 Å². The lowest BCUT2D eigenvalue weighted by Crippen LogP contribution is -2.31. The summed E-state index contributed by atoms with van der Waals surface area (Å²) in [5.74, 6) is 1.03. The maximum atomic E-state index is 4.92. The maximum absolute atomic E-state index is 4.92. The molecule has 1 saturated heterocycles. The fourth-order valence-electron chi connectivity index (χ4n) is 4.02. The number of fused-ring (bicyclic) bond motifs is 2. The first-order valence-electron chi connectivity index (χ1n) is 9.76. The van der Waals surface area contributed by atoms with Crippen LogP contribution in [0.4, 0.5) is 5.82 Å². The van der Waals surface area contributed by atoms with Crippen LogP contribution >= 0.6 is 0 Å². The van der Waals surface area contributed by atoms with Crippen LogP contribution in [0, 0.1) is 0 Å². The number of hydrogen-bond acceptors (Lipinski definition) is 5. The zero-order chi connectivity index (χ0) is 19.1. The van der Waals surface area contributed by atoms with Gasteiger partial charge in [0.05, 0.1) is 17.4 Å². The third-order valence-corrected chi connectivity index (χ3v) is 5.69. The SMILES string of the molecule is CN(C)[C@@H]1CCN(c2ccc3ncc(Cc4ccc5ncccc5c4)n3n2)C1. The van der Waals surface area contributed by atoms with Gasteiger partial charge in [-0.05, 0) is 56.4 Å². The summed E-state index contributed by atoms with van der Waals surface area (Å²) >= 11 is 0. The second-order valence-electron chi connectivity index (χ2n) is 7.77. The number of hydrogen-bond donors (Lipinski definition) is 0. The molecule has 0 aliphatic carbocycles. The summed E-state index contributed by atoms with van der Waals surface area (Å²) < 4.78 is 1.99. The Bertz CT molecular complexity index is 1130. The summed E-state index contributed by atoms with van der Waals surface area (Å²) in [4.78, 5) is 13.6. The number of imidazole rings is 1. The molecule has 4 aromatic rings. The molecule has 1 aliphatic rings. The van der Waals surface area contributed by atoms with Gasteiger partial charge in [0, 0.05) is 37.1 Å². The molecule has 3 aromatic heterocycles. The molecule has 0 N–H and O–H groups in total. The molecule has 28 heavy (non-hydrogen) atoms. The standard InChI is InChI=1S/C22H24N6/c1-26(2)18-9-11-27(15-18)22-8-7-21-24-14-19(28(21)25-22)13-16-5-6-20-17(12-16)4-3-10-23-20/h3-8,10,12,14,18H,9,11,13,15H2,1-2H3/t18-/m1/s1. The van der Waals surface area contributed by atoms with Crippen molar-refractivity contribution >= 4 is 22.4 Å². The highest BCUT2D eigenvalue weighted by Crippen LogP contribution is 2.22. The van der Waals surface area contributed by atoms with E-state index in [0.717, 1.165) is 47.6 Å². The van der Waals surface area contributed by atoms with Gasteiger partial charge in [-0.2, -0.15) is 0 Å². The molecule has 4 heterocycles. The van der Waals surface area contributed by atoms with Crippen molar-refractivity contribution in [1.82, 2.24) is 24.5 Å². The van der Waals surface area contributed by atoms with E-state index in [1.54, 1.807) is 0 Å². The van der Waals surface area contributed by atoms with Gasteiger partial charge in [0.25, 0.3) is 0 Å². The lowest BCUT2D eigenvalue weighted by Gasteiger charge is -2.21. The summed E-state index contributed by atoms with van der Waals surface area (Å²) in [6, 6.07) is 15.2. The van der Waals surface area contributed by atoms with Gasteiger partial charge >= 0.3 is 0 Å². The van der Waals surface area contributed by atoms with Crippen LogP contribution in [0.15, 0.2) is 54.9 Å². The molecule has 1 atom stereocenters. The van der Waals surface area contributed by atoms with E-state index in [9.17, 15) is 0 Å². The van der Waals surface area contributed by atoms with Gasteiger partial charge in [-0.25, -0.2) is 9.50 Å². The van der Waals surface area contributed by atoms with E-state index < -0.39 is 0 Å². The zero-order valence-corrected chi connectivity index (χ0v) is 16.3. The van der Waals surface area contributed by atoms with Gasteiger partial charge in [-0.3, -0.25) is 4.98 Å². The van der Waals surface area contributed by atoms with Crippen molar-refractivity contribution in [2.75, 3.05) is 32.1 Å². The monoisotopic (exact) mass is 372 g/mol. The molecule has 6 nitrogen and oxygen atoms in total. The molecular formula is C22H24N6. The Hall–Kier alpha value is -2.99. The number of anilines is 1. The topological polar surface area (TPSA) is 49.6 Å². The van der Waals surface area contributed by atoms with E-state index in [2.05, 4.69) is 70.3 Å². The van der Waals surface area contributed by atoms with Crippen LogP contribution < -0.4 is 4.90 Å². The lowest BCUT2D eigenvalue weighted by atomic mass is 10.1. The van der Waals surface area contributed by atoms with Crippen molar-refractivity contribution in [3.63, 3.8) is 0 Å². The van der Waals surface area contributed by atoms with Crippen LogP contribution in [-0.4, -0.2) is 57.7 Å². The van der Waals surface area contributed by atoms with Crippen LogP contribution in [0.25, 0.3) is 16.6 Å². The van der Waals surface area contributed by atoms with Gasteiger partial charge in [-0.1, -0.05) is 12.1 Å². The minimum Gasteiger partial charge on any atom is -0.354 e. The van der Waals surface area contributed by atoms with E-state index >= 15 is 0 Å². The number of benzene rings is 1. The van der Waals surface area contributed by atoms with Crippen molar-refractivity contribution in [3.8, 4) is 0 Å². The van der Waals surface area contributed by atoms with Crippen LogP contribution in [0.3, 0.4) is 0 Å². The van der Waals surface area contributed by atoms with E-state index in [4.69, 9.17) is 5.10 Å². The molecular weight excluding hydrogens is 348 g/mol. The summed E-state index contributed by atoms with van der Waals surface area (Å²) in [6.45, 7) is 2.07.